The topological polar surface area (TPSA) is 35.5 Å². The van der Waals surface area contributed by atoms with E-state index >= 15 is 0 Å². The Bertz CT molecular complexity index is 60.7. The summed E-state index contributed by atoms with van der Waals surface area (Å²) in [6.07, 6.45) is 0. The second kappa shape index (κ2) is 1.78. The van der Waals surface area contributed by atoms with Crippen molar-refractivity contribution in [3.8, 4) is 0 Å². The number of hydroxylamine groups is 2. The lowest BCUT2D eigenvalue weighted by Crippen LogP contribution is -2.55. The number of nitrogens with zero attached hydrogens (tertiary/aromatic N) is 1. The van der Waals surface area contributed by atoms with Crippen molar-refractivity contribution in [2.45, 2.75) is 6.04 Å². The van der Waals surface area contributed by atoms with E-state index in [1.807, 2.05) is 7.05 Å². The molecule has 0 unspecified atom stereocenters. The lowest BCUT2D eigenvalue weighted by molar-refractivity contribution is -0.152. The van der Waals surface area contributed by atoms with Crippen LogP contribution in [0, 0.1) is 0 Å². The molecule has 0 aromatic heterocycles. The summed E-state index contributed by atoms with van der Waals surface area (Å²) in [5.41, 5.74) is 0. The predicted molar refractivity (Wildman–Crippen MR) is 26.2 cm³/mol. The van der Waals surface area contributed by atoms with Crippen molar-refractivity contribution < 1.29 is 5.21 Å². The highest BCUT2D eigenvalue weighted by atomic mass is 16.5. The Kier molecular flexibility index (Phi) is 1.27. The molecular formula is C4H10N2O. The normalized spacial score (nSPS) is 24.9. The van der Waals surface area contributed by atoms with E-state index in [4.69, 9.17) is 5.21 Å². The van der Waals surface area contributed by atoms with Crippen LogP contribution in [0.1, 0.15) is 0 Å². The second-order valence-corrected chi connectivity index (χ2v) is 1.86. The summed E-state index contributed by atoms with van der Waals surface area (Å²) >= 11 is 0. The van der Waals surface area contributed by atoms with Gasteiger partial charge in [-0.2, -0.15) is 5.06 Å². The maximum absolute atomic E-state index is 8.54. The molecule has 1 fully saturated rings. The number of hydrogen-bond acceptors (Lipinski definition) is 3. The van der Waals surface area contributed by atoms with Gasteiger partial charge in [-0.1, -0.05) is 0 Å². The first-order chi connectivity index (χ1) is 3.33. The Balaban J connectivity index is 2.06. The highest BCUT2D eigenvalue weighted by Crippen LogP contribution is 2.00. The van der Waals surface area contributed by atoms with Crippen molar-refractivity contribution >= 4 is 0 Å². The van der Waals surface area contributed by atoms with Crippen molar-refractivity contribution in [1.29, 1.82) is 0 Å². The van der Waals surface area contributed by atoms with Gasteiger partial charge in [-0.05, 0) is 7.05 Å². The maximum atomic E-state index is 8.54. The quantitative estimate of drug-likeness (QED) is 0.458. The monoisotopic (exact) mass is 102 g/mol. The fourth-order valence-corrected chi connectivity index (χ4v) is 0.638. The van der Waals surface area contributed by atoms with Crippen LogP contribution in [0.4, 0.5) is 0 Å². The molecule has 7 heavy (non-hydrogen) atoms. The molecule has 42 valence electrons. The SMILES string of the molecule is CNC1CN(O)C1. The Hall–Kier alpha value is -0.120. The Morgan fingerprint density at radius 3 is 2.43 bits per heavy atom. The van der Waals surface area contributed by atoms with Crippen molar-refractivity contribution in [2.24, 2.45) is 0 Å². The molecule has 0 atom stereocenters. The van der Waals surface area contributed by atoms with Crippen molar-refractivity contribution in [2.75, 3.05) is 20.1 Å². The van der Waals surface area contributed by atoms with Crippen LogP contribution in [0.3, 0.4) is 0 Å². The minimum atomic E-state index is 0.519. The third-order valence-corrected chi connectivity index (χ3v) is 1.27. The molecule has 1 heterocycles. The van der Waals surface area contributed by atoms with Crippen LogP contribution >= 0.6 is 0 Å². The van der Waals surface area contributed by atoms with E-state index in [9.17, 15) is 0 Å². The molecule has 0 radical (unpaired) electrons. The average molecular weight is 102 g/mol. The highest BCUT2D eigenvalue weighted by molar-refractivity contribution is 4.78. The average Bonchev–Trinajstić information content (AvgIpc) is 1.58. The molecule has 1 aliphatic heterocycles. The van der Waals surface area contributed by atoms with E-state index < -0.39 is 0 Å². The van der Waals surface area contributed by atoms with Crippen LogP contribution < -0.4 is 5.32 Å². The van der Waals surface area contributed by atoms with Crippen molar-refractivity contribution in [1.82, 2.24) is 10.4 Å². The number of rotatable bonds is 1. The van der Waals surface area contributed by atoms with E-state index in [0.29, 0.717) is 6.04 Å². The standard InChI is InChI=1S/C4H10N2O/c1-5-4-2-6(7)3-4/h4-5,7H,2-3H2,1H3. The molecule has 0 bridgehead atoms. The smallest absolute Gasteiger partial charge is 0.0406 e. The first-order valence-electron chi connectivity index (χ1n) is 2.44. The third-order valence-electron chi connectivity index (χ3n) is 1.27. The predicted octanol–water partition coefficient (Wildman–Crippen LogP) is -0.721. The Morgan fingerprint density at radius 1 is 1.71 bits per heavy atom. The first-order valence-corrected chi connectivity index (χ1v) is 2.44. The van der Waals surface area contributed by atoms with Gasteiger partial charge in [0.05, 0.1) is 0 Å². The molecule has 2 N–H and O–H groups in total. The van der Waals surface area contributed by atoms with Gasteiger partial charge in [0.1, 0.15) is 0 Å². The van der Waals surface area contributed by atoms with Gasteiger partial charge >= 0.3 is 0 Å². The fourth-order valence-electron chi connectivity index (χ4n) is 0.638. The van der Waals surface area contributed by atoms with Gasteiger partial charge in [0, 0.05) is 19.1 Å². The molecule has 1 rings (SSSR count). The first kappa shape index (κ1) is 5.03. The lowest BCUT2D eigenvalue weighted by Gasteiger charge is -2.33. The van der Waals surface area contributed by atoms with Gasteiger partial charge in [0.25, 0.3) is 0 Å². The number of likely N-dealkylation sites (N-methyl/N-ethyl adjacent to an activating group) is 1. The number of hydrogen-bond donors (Lipinski definition) is 2. The van der Waals surface area contributed by atoms with Crippen LogP contribution in [0.15, 0.2) is 0 Å². The van der Waals surface area contributed by atoms with Crippen LogP contribution in [0.2, 0.25) is 0 Å². The molecule has 0 amide bonds. The van der Waals surface area contributed by atoms with Crippen LogP contribution in [0.5, 0.6) is 0 Å². The van der Waals surface area contributed by atoms with Gasteiger partial charge < -0.3 is 10.5 Å². The third kappa shape index (κ3) is 0.907. The van der Waals surface area contributed by atoms with Crippen LogP contribution in [-0.2, 0) is 0 Å². The molecule has 1 saturated heterocycles. The fraction of sp³-hybridized carbons (Fsp3) is 1.00. The van der Waals surface area contributed by atoms with Crippen molar-refractivity contribution in [3.05, 3.63) is 0 Å². The summed E-state index contributed by atoms with van der Waals surface area (Å²) in [7, 11) is 1.90. The molecular weight excluding hydrogens is 92.1 g/mol. The zero-order chi connectivity index (χ0) is 5.28. The summed E-state index contributed by atoms with van der Waals surface area (Å²) in [6, 6.07) is 0.519. The molecule has 0 aromatic carbocycles. The molecule has 0 aromatic rings. The number of nitrogens with one attached hydrogen (secondary N) is 1. The minimum absolute atomic E-state index is 0.519. The summed E-state index contributed by atoms with van der Waals surface area (Å²) < 4.78 is 0. The van der Waals surface area contributed by atoms with E-state index in [-0.39, 0.29) is 0 Å². The Morgan fingerprint density at radius 2 is 2.29 bits per heavy atom. The summed E-state index contributed by atoms with van der Waals surface area (Å²) in [4.78, 5) is 0. The van der Waals surface area contributed by atoms with E-state index in [0.717, 1.165) is 13.1 Å². The lowest BCUT2D eigenvalue weighted by atomic mass is 10.2. The Labute approximate surface area is 42.9 Å². The highest BCUT2D eigenvalue weighted by Gasteiger charge is 2.22. The maximum Gasteiger partial charge on any atom is 0.0406 e. The largest absolute Gasteiger partial charge is 0.314 e. The molecule has 3 heteroatoms. The molecule has 1 aliphatic rings. The van der Waals surface area contributed by atoms with Gasteiger partial charge in [-0.3, -0.25) is 0 Å². The minimum Gasteiger partial charge on any atom is -0.314 e. The van der Waals surface area contributed by atoms with Gasteiger partial charge in [-0.25, -0.2) is 0 Å². The molecule has 0 aliphatic carbocycles. The zero-order valence-corrected chi connectivity index (χ0v) is 4.39. The van der Waals surface area contributed by atoms with Crippen LogP contribution in [-0.4, -0.2) is 36.4 Å². The van der Waals surface area contributed by atoms with Crippen LogP contribution in [0.25, 0.3) is 0 Å². The summed E-state index contributed by atoms with van der Waals surface area (Å²) in [5.74, 6) is 0. The van der Waals surface area contributed by atoms with E-state index in [2.05, 4.69) is 5.32 Å². The van der Waals surface area contributed by atoms with Crippen molar-refractivity contribution in [3.63, 3.8) is 0 Å². The molecule has 0 saturated carbocycles. The summed E-state index contributed by atoms with van der Waals surface area (Å²) in [6.45, 7) is 1.55. The van der Waals surface area contributed by atoms with E-state index in [1.165, 1.54) is 5.06 Å². The zero-order valence-electron chi connectivity index (χ0n) is 4.39. The van der Waals surface area contributed by atoms with Gasteiger partial charge in [-0.15, -0.1) is 0 Å². The molecule has 3 nitrogen and oxygen atoms in total. The summed E-state index contributed by atoms with van der Waals surface area (Å²) in [5, 5.41) is 12.9. The van der Waals surface area contributed by atoms with E-state index in [1.54, 1.807) is 0 Å². The second-order valence-electron chi connectivity index (χ2n) is 1.86. The van der Waals surface area contributed by atoms with Gasteiger partial charge in [0.2, 0.25) is 0 Å². The van der Waals surface area contributed by atoms with Gasteiger partial charge in [0.15, 0.2) is 0 Å². The molecule has 0 spiro atoms.